The van der Waals surface area contributed by atoms with Gasteiger partial charge in [-0.15, -0.1) is 11.0 Å². The van der Waals surface area contributed by atoms with E-state index >= 15 is 0 Å². The average Bonchev–Trinajstić information content (AvgIpc) is 2.11. The molecule has 0 nitrogen and oxygen atoms in total. The smallest absolute Gasteiger partial charge is 0.148 e. The lowest BCUT2D eigenvalue weighted by molar-refractivity contribution is 0.688. The monoisotopic (exact) mass is 224 g/mol. The van der Waals surface area contributed by atoms with Crippen molar-refractivity contribution in [3.63, 3.8) is 0 Å². The molecule has 0 radical (unpaired) electrons. The molecule has 1 heteroatoms. The van der Waals surface area contributed by atoms with Gasteiger partial charge >= 0.3 is 0 Å². The first kappa shape index (κ1) is 15.3. The van der Waals surface area contributed by atoms with Gasteiger partial charge in [0, 0.05) is 0 Å². The van der Waals surface area contributed by atoms with Gasteiger partial charge in [-0.1, -0.05) is 70.4 Å². The molecule has 0 N–H and O–H groups in total. The van der Waals surface area contributed by atoms with E-state index in [-0.39, 0.29) is 0 Å². The van der Waals surface area contributed by atoms with Crippen molar-refractivity contribution in [1.82, 2.24) is 0 Å². The van der Waals surface area contributed by atoms with Gasteiger partial charge < -0.3 is 0 Å². The predicted octanol–water partition coefficient (Wildman–Crippen LogP) is 4.93. The number of hydrogen-bond acceptors (Lipinski definition) is 0. The molecule has 0 aromatic carbocycles. The molecule has 1 unspecified atom stereocenters. The minimum Gasteiger partial charge on any atom is -0.148 e. The SMILES string of the molecule is CCC(C)C=[CH][Al]([CH2]C(C)C)[CH2]C(C)C. The molecule has 0 aromatic rings. The maximum atomic E-state index is 2.61. The van der Waals surface area contributed by atoms with Crippen molar-refractivity contribution in [2.24, 2.45) is 17.8 Å². The second kappa shape index (κ2) is 8.43. The first-order chi connectivity index (χ1) is 6.95. The molecular weight excluding hydrogens is 195 g/mol. The van der Waals surface area contributed by atoms with E-state index in [9.17, 15) is 0 Å². The summed E-state index contributed by atoms with van der Waals surface area (Å²) in [5, 5.41) is 2.95. The van der Waals surface area contributed by atoms with Gasteiger partial charge in [0.15, 0.2) is 0 Å². The van der Waals surface area contributed by atoms with Crippen molar-refractivity contribution in [1.29, 1.82) is 0 Å². The maximum Gasteiger partial charge on any atom is 0.294 e. The van der Waals surface area contributed by atoms with Gasteiger partial charge in [0.05, 0.1) is 0 Å². The van der Waals surface area contributed by atoms with Gasteiger partial charge in [0.2, 0.25) is 0 Å². The van der Waals surface area contributed by atoms with Crippen LogP contribution in [0.2, 0.25) is 10.6 Å². The van der Waals surface area contributed by atoms with E-state index in [2.05, 4.69) is 52.6 Å². The minimum atomic E-state index is -0.600. The van der Waals surface area contributed by atoms with Crippen LogP contribution in [0.15, 0.2) is 11.0 Å². The zero-order valence-electron chi connectivity index (χ0n) is 11.6. The summed E-state index contributed by atoms with van der Waals surface area (Å²) in [5.74, 6) is 2.53. The Morgan fingerprint density at radius 2 is 1.40 bits per heavy atom. The van der Waals surface area contributed by atoms with E-state index in [0.29, 0.717) is 0 Å². The molecule has 0 saturated heterocycles. The maximum absolute atomic E-state index is 2.61. The van der Waals surface area contributed by atoms with Crippen molar-refractivity contribution in [3.8, 4) is 0 Å². The molecule has 0 amide bonds. The Labute approximate surface area is 102 Å². The molecule has 0 spiro atoms. The lowest BCUT2D eigenvalue weighted by atomic mass is 10.1. The fourth-order valence-corrected chi connectivity index (χ4v) is 5.57. The Bertz CT molecular complexity index is 160. The van der Waals surface area contributed by atoms with Crippen LogP contribution in [0.4, 0.5) is 0 Å². The summed E-state index contributed by atoms with van der Waals surface area (Å²) in [6.45, 7) is 14.0. The Kier molecular flexibility index (Phi) is 8.58. The van der Waals surface area contributed by atoms with Gasteiger partial charge in [-0.2, -0.15) is 0 Å². The van der Waals surface area contributed by atoms with Crippen LogP contribution in [0.3, 0.4) is 0 Å². The van der Waals surface area contributed by atoms with E-state index in [1.54, 1.807) is 0 Å². The zero-order valence-corrected chi connectivity index (χ0v) is 12.7. The van der Waals surface area contributed by atoms with Crippen LogP contribution in [0.5, 0.6) is 0 Å². The molecule has 88 valence electrons. The van der Waals surface area contributed by atoms with E-state index < -0.39 is 14.1 Å². The zero-order chi connectivity index (χ0) is 11.8. The molecule has 0 aromatic heterocycles. The van der Waals surface area contributed by atoms with Crippen LogP contribution >= 0.6 is 0 Å². The average molecular weight is 224 g/mol. The number of rotatable bonds is 7. The van der Waals surface area contributed by atoms with Crippen molar-refractivity contribution in [3.05, 3.63) is 11.0 Å². The third kappa shape index (κ3) is 9.22. The normalized spacial score (nSPS) is 14.1. The molecule has 0 heterocycles. The molecule has 0 aliphatic rings. The van der Waals surface area contributed by atoms with Crippen molar-refractivity contribution in [2.75, 3.05) is 0 Å². The van der Waals surface area contributed by atoms with Crippen LogP contribution in [0.1, 0.15) is 48.0 Å². The molecule has 0 bridgehead atoms. The topological polar surface area (TPSA) is 0 Å². The molecule has 0 rings (SSSR count). The Morgan fingerprint density at radius 3 is 1.73 bits per heavy atom. The van der Waals surface area contributed by atoms with Gasteiger partial charge in [-0.05, 0) is 5.92 Å². The Morgan fingerprint density at radius 1 is 0.933 bits per heavy atom. The van der Waals surface area contributed by atoms with E-state index in [1.807, 2.05) is 0 Å². The first-order valence-corrected chi connectivity index (χ1v) is 8.93. The number of allylic oxidation sites excluding steroid dienone is 1. The second-order valence-corrected chi connectivity index (χ2v) is 8.64. The summed E-state index contributed by atoms with van der Waals surface area (Å²) < 4.78 is 0. The lowest BCUT2D eigenvalue weighted by Gasteiger charge is -2.13. The minimum absolute atomic E-state index is 0.600. The van der Waals surface area contributed by atoms with E-state index in [0.717, 1.165) is 17.8 Å². The molecule has 0 aliphatic heterocycles. The summed E-state index contributed by atoms with van der Waals surface area (Å²) in [5.41, 5.74) is 0. The molecular formula is C14H29Al. The van der Waals surface area contributed by atoms with Crippen molar-refractivity contribution in [2.45, 2.75) is 58.5 Å². The van der Waals surface area contributed by atoms with Crippen LogP contribution in [0.25, 0.3) is 0 Å². The third-order valence-electron chi connectivity index (χ3n) is 2.90. The fourth-order valence-electron chi connectivity index (χ4n) is 1.95. The van der Waals surface area contributed by atoms with Gasteiger partial charge in [0.1, 0.15) is 0 Å². The van der Waals surface area contributed by atoms with E-state index in [4.69, 9.17) is 0 Å². The fraction of sp³-hybridized carbons (Fsp3) is 0.857. The summed E-state index contributed by atoms with van der Waals surface area (Å²) in [6, 6.07) is 0. The quantitative estimate of drug-likeness (QED) is 0.538. The van der Waals surface area contributed by atoms with Crippen LogP contribution in [0, 0.1) is 17.8 Å². The molecule has 0 fully saturated rings. The summed E-state index contributed by atoms with van der Waals surface area (Å²) in [7, 11) is 0. The molecule has 15 heavy (non-hydrogen) atoms. The molecule has 0 saturated carbocycles. The standard InChI is InChI=1S/C6H11.2C4H9.Al/c1-4-6(3)5-2;2*1-4(2)3;/h1,4,6H,5H2,2-3H3;2*4H,1H2,2-3H3;. The lowest BCUT2D eigenvalue weighted by Crippen LogP contribution is -2.15. The second-order valence-electron chi connectivity index (χ2n) is 5.79. The van der Waals surface area contributed by atoms with Crippen LogP contribution in [-0.4, -0.2) is 14.1 Å². The highest BCUT2D eigenvalue weighted by atomic mass is 27.2. The highest BCUT2D eigenvalue weighted by molar-refractivity contribution is 6.64. The first-order valence-electron chi connectivity index (χ1n) is 6.64. The summed E-state index contributed by atoms with van der Waals surface area (Å²) in [6.07, 6.45) is 3.75. The molecule has 0 aliphatic carbocycles. The summed E-state index contributed by atoms with van der Waals surface area (Å²) in [4.78, 5) is 2.61. The number of hydrogen-bond donors (Lipinski definition) is 0. The van der Waals surface area contributed by atoms with Crippen molar-refractivity contribution >= 4 is 14.1 Å². The Hall–Kier alpha value is 0.272. The van der Waals surface area contributed by atoms with E-state index in [1.165, 1.54) is 17.0 Å². The van der Waals surface area contributed by atoms with Gasteiger partial charge in [0.25, 0.3) is 14.1 Å². The Balaban J connectivity index is 4.16. The van der Waals surface area contributed by atoms with Gasteiger partial charge in [-0.25, -0.2) is 0 Å². The third-order valence-corrected chi connectivity index (χ3v) is 6.77. The largest absolute Gasteiger partial charge is 0.294 e. The highest BCUT2D eigenvalue weighted by Crippen LogP contribution is 2.16. The highest BCUT2D eigenvalue weighted by Gasteiger charge is 2.16. The molecule has 1 atom stereocenters. The van der Waals surface area contributed by atoms with Crippen molar-refractivity contribution < 1.29 is 0 Å². The summed E-state index contributed by atoms with van der Waals surface area (Å²) >= 11 is -0.600. The van der Waals surface area contributed by atoms with Crippen LogP contribution < -0.4 is 0 Å². The van der Waals surface area contributed by atoms with Gasteiger partial charge in [-0.3, -0.25) is 0 Å². The van der Waals surface area contributed by atoms with Crippen LogP contribution in [-0.2, 0) is 0 Å². The predicted molar refractivity (Wildman–Crippen MR) is 73.6 cm³/mol.